The Morgan fingerprint density at radius 1 is 1.11 bits per heavy atom. The molecule has 0 bridgehead atoms. The molecular formula is C19H32IN5O2. The van der Waals surface area contributed by atoms with E-state index in [1.54, 1.807) is 13.1 Å². The van der Waals surface area contributed by atoms with Crippen LogP contribution < -0.4 is 21.3 Å². The summed E-state index contributed by atoms with van der Waals surface area (Å²) in [5, 5.41) is 11.9. The number of amides is 2. The Hall–Kier alpha value is -1.84. The van der Waals surface area contributed by atoms with Gasteiger partial charge in [0.15, 0.2) is 5.96 Å². The van der Waals surface area contributed by atoms with Crippen molar-refractivity contribution in [2.75, 3.05) is 20.1 Å². The highest BCUT2D eigenvalue weighted by atomic mass is 127. The second-order valence-electron chi connectivity index (χ2n) is 7.03. The first-order chi connectivity index (χ1) is 12.2. The van der Waals surface area contributed by atoms with Gasteiger partial charge in [-0.25, -0.2) is 0 Å². The van der Waals surface area contributed by atoms with Crippen LogP contribution in [0.5, 0.6) is 0 Å². The third kappa shape index (κ3) is 10.8. The van der Waals surface area contributed by atoms with Crippen LogP contribution in [0.15, 0.2) is 29.3 Å². The van der Waals surface area contributed by atoms with E-state index in [9.17, 15) is 9.59 Å². The maximum absolute atomic E-state index is 12.0. The summed E-state index contributed by atoms with van der Waals surface area (Å²) >= 11 is 0. The van der Waals surface area contributed by atoms with Gasteiger partial charge in [0.05, 0.1) is 6.54 Å². The zero-order valence-electron chi connectivity index (χ0n) is 16.8. The second-order valence-corrected chi connectivity index (χ2v) is 7.03. The van der Waals surface area contributed by atoms with Crippen LogP contribution in [-0.2, 0) is 11.3 Å². The molecule has 8 heteroatoms. The molecule has 2 amide bonds. The van der Waals surface area contributed by atoms with E-state index in [1.165, 1.54) is 0 Å². The van der Waals surface area contributed by atoms with Crippen LogP contribution in [0.4, 0.5) is 0 Å². The summed E-state index contributed by atoms with van der Waals surface area (Å²) in [6.45, 7) is 9.10. The molecule has 27 heavy (non-hydrogen) atoms. The van der Waals surface area contributed by atoms with Gasteiger partial charge in [-0.05, 0) is 44.9 Å². The third-order valence-electron chi connectivity index (χ3n) is 3.34. The van der Waals surface area contributed by atoms with E-state index >= 15 is 0 Å². The van der Waals surface area contributed by atoms with Gasteiger partial charge in [-0.15, -0.1) is 24.0 Å². The highest BCUT2D eigenvalue weighted by molar-refractivity contribution is 14.0. The van der Waals surface area contributed by atoms with E-state index in [2.05, 4.69) is 26.3 Å². The van der Waals surface area contributed by atoms with Crippen molar-refractivity contribution < 1.29 is 9.59 Å². The molecule has 1 aromatic rings. The lowest BCUT2D eigenvalue weighted by Gasteiger charge is -2.21. The molecule has 0 aliphatic heterocycles. The maximum Gasteiger partial charge on any atom is 0.251 e. The molecule has 0 saturated carbocycles. The molecule has 0 spiro atoms. The van der Waals surface area contributed by atoms with E-state index in [0.717, 1.165) is 12.0 Å². The lowest BCUT2D eigenvalue weighted by atomic mass is 10.1. The molecule has 0 saturated heterocycles. The Balaban J connectivity index is 0.00000676. The van der Waals surface area contributed by atoms with Gasteiger partial charge in [0.25, 0.3) is 5.91 Å². The van der Waals surface area contributed by atoms with Gasteiger partial charge in [-0.1, -0.05) is 19.1 Å². The summed E-state index contributed by atoms with van der Waals surface area (Å²) in [6.07, 6.45) is 0.901. The van der Waals surface area contributed by atoms with Gasteiger partial charge in [-0.3, -0.25) is 14.6 Å². The number of hydrogen-bond donors (Lipinski definition) is 4. The Kier molecular flexibility index (Phi) is 11.7. The number of benzene rings is 1. The van der Waals surface area contributed by atoms with Crippen molar-refractivity contribution in [1.82, 2.24) is 21.3 Å². The molecular weight excluding hydrogens is 457 g/mol. The second kappa shape index (κ2) is 12.5. The van der Waals surface area contributed by atoms with Crippen LogP contribution in [0.3, 0.4) is 0 Å². The average molecular weight is 489 g/mol. The van der Waals surface area contributed by atoms with Crippen molar-refractivity contribution in [1.29, 1.82) is 0 Å². The van der Waals surface area contributed by atoms with Crippen LogP contribution in [0, 0.1) is 0 Å². The summed E-state index contributed by atoms with van der Waals surface area (Å²) in [5.41, 5.74) is 1.32. The number of halogens is 1. The fourth-order valence-electron chi connectivity index (χ4n) is 2.20. The topological polar surface area (TPSA) is 94.6 Å². The lowest BCUT2D eigenvalue weighted by Crippen LogP contribution is -2.48. The SMILES string of the molecule is CCCNC(=O)c1cccc(CNC(=NC)NCC(=O)NC(C)(C)C)c1.I. The lowest BCUT2D eigenvalue weighted by molar-refractivity contribution is -0.121. The third-order valence-corrected chi connectivity index (χ3v) is 3.34. The van der Waals surface area contributed by atoms with Crippen molar-refractivity contribution in [3.63, 3.8) is 0 Å². The van der Waals surface area contributed by atoms with Gasteiger partial charge >= 0.3 is 0 Å². The fraction of sp³-hybridized carbons (Fsp3) is 0.526. The molecule has 1 aromatic carbocycles. The minimum absolute atomic E-state index is 0. The van der Waals surface area contributed by atoms with Gasteiger partial charge < -0.3 is 21.3 Å². The number of carbonyl (C=O) groups is 2. The maximum atomic E-state index is 12.0. The van der Waals surface area contributed by atoms with Gasteiger partial charge in [0.2, 0.25) is 5.91 Å². The molecule has 0 aromatic heterocycles. The largest absolute Gasteiger partial charge is 0.352 e. The molecule has 0 heterocycles. The molecule has 0 fully saturated rings. The van der Waals surface area contributed by atoms with E-state index in [0.29, 0.717) is 24.6 Å². The normalized spacial score (nSPS) is 11.2. The Morgan fingerprint density at radius 3 is 2.41 bits per heavy atom. The number of carbonyl (C=O) groups excluding carboxylic acids is 2. The molecule has 0 aliphatic carbocycles. The molecule has 0 atom stereocenters. The zero-order chi connectivity index (χ0) is 19.6. The van der Waals surface area contributed by atoms with Crippen LogP contribution >= 0.6 is 24.0 Å². The first-order valence-electron chi connectivity index (χ1n) is 8.88. The molecule has 4 N–H and O–H groups in total. The summed E-state index contributed by atoms with van der Waals surface area (Å²) in [6, 6.07) is 7.42. The molecule has 152 valence electrons. The molecule has 1 rings (SSSR count). The number of guanidine groups is 1. The van der Waals surface area contributed by atoms with Crippen LogP contribution in [-0.4, -0.2) is 43.5 Å². The van der Waals surface area contributed by atoms with Gasteiger partial charge in [0.1, 0.15) is 0 Å². The zero-order valence-corrected chi connectivity index (χ0v) is 19.1. The standard InChI is InChI=1S/C19H31N5O2.HI/c1-6-10-21-17(26)15-9-7-8-14(11-15)12-22-18(20-5)23-13-16(25)24-19(2,3)4;/h7-9,11H,6,10,12-13H2,1-5H3,(H,21,26)(H,24,25)(H2,20,22,23);1H. The Bertz CT molecular complexity index is 641. The molecule has 0 radical (unpaired) electrons. The van der Waals surface area contributed by atoms with Crippen molar-refractivity contribution in [2.45, 2.75) is 46.2 Å². The van der Waals surface area contributed by atoms with E-state index < -0.39 is 0 Å². The van der Waals surface area contributed by atoms with Gasteiger partial charge in [0, 0.05) is 31.2 Å². The van der Waals surface area contributed by atoms with E-state index in [-0.39, 0.29) is 47.9 Å². The van der Waals surface area contributed by atoms with Crippen molar-refractivity contribution in [2.24, 2.45) is 4.99 Å². The number of nitrogens with zero attached hydrogens (tertiary/aromatic N) is 1. The van der Waals surface area contributed by atoms with Crippen molar-refractivity contribution >= 4 is 41.8 Å². The minimum atomic E-state index is -0.269. The van der Waals surface area contributed by atoms with E-state index in [4.69, 9.17) is 0 Å². The number of aliphatic imine (C=N–C) groups is 1. The highest BCUT2D eigenvalue weighted by Gasteiger charge is 2.13. The van der Waals surface area contributed by atoms with Crippen LogP contribution in [0.2, 0.25) is 0 Å². The Morgan fingerprint density at radius 2 is 1.81 bits per heavy atom. The summed E-state index contributed by atoms with van der Waals surface area (Å²) in [7, 11) is 1.64. The van der Waals surface area contributed by atoms with Crippen LogP contribution in [0.1, 0.15) is 50.0 Å². The number of hydrogen-bond acceptors (Lipinski definition) is 3. The summed E-state index contributed by atoms with van der Waals surface area (Å²) in [4.78, 5) is 28.0. The fourth-order valence-corrected chi connectivity index (χ4v) is 2.20. The van der Waals surface area contributed by atoms with Crippen LogP contribution in [0.25, 0.3) is 0 Å². The Labute approximate surface area is 179 Å². The van der Waals surface area contributed by atoms with E-state index in [1.807, 2.05) is 45.9 Å². The molecule has 0 aliphatic rings. The average Bonchev–Trinajstić information content (AvgIpc) is 2.58. The molecule has 7 nitrogen and oxygen atoms in total. The van der Waals surface area contributed by atoms with Crippen molar-refractivity contribution in [3.8, 4) is 0 Å². The first-order valence-corrected chi connectivity index (χ1v) is 8.88. The number of nitrogens with one attached hydrogen (secondary N) is 4. The summed E-state index contributed by atoms with van der Waals surface area (Å²) < 4.78 is 0. The first kappa shape index (κ1) is 25.2. The predicted molar refractivity (Wildman–Crippen MR) is 121 cm³/mol. The van der Waals surface area contributed by atoms with Gasteiger partial charge in [-0.2, -0.15) is 0 Å². The predicted octanol–water partition coefficient (Wildman–Crippen LogP) is 2.02. The smallest absolute Gasteiger partial charge is 0.251 e. The van der Waals surface area contributed by atoms with Crippen molar-refractivity contribution in [3.05, 3.63) is 35.4 Å². The highest BCUT2D eigenvalue weighted by Crippen LogP contribution is 2.05. The monoisotopic (exact) mass is 489 g/mol. The molecule has 0 unspecified atom stereocenters. The minimum Gasteiger partial charge on any atom is -0.352 e. The quantitative estimate of drug-likeness (QED) is 0.268. The number of rotatable bonds is 7. The summed E-state index contributed by atoms with van der Waals surface area (Å²) in [5.74, 6) is 0.347.